The SMILES string of the molecule is CCCOc1cncc(C(O)CSC)c1. The molecule has 0 saturated heterocycles. The van der Waals surface area contributed by atoms with Crippen molar-refractivity contribution in [3.8, 4) is 5.75 Å². The number of rotatable bonds is 6. The van der Waals surface area contributed by atoms with Gasteiger partial charge in [-0.2, -0.15) is 11.8 Å². The molecule has 0 bridgehead atoms. The Kier molecular flexibility index (Phi) is 5.50. The van der Waals surface area contributed by atoms with Crippen LogP contribution >= 0.6 is 11.8 Å². The van der Waals surface area contributed by atoms with Gasteiger partial charge in [-0.15, -0.1) is 0 Å². The largest absolute Gasteiger partial charge is 0.492 e. The minimum absolute atomic E-state index is 0.460. The van der Waals surface area contributed by atoms with E-state index in [0.717, 1.165) is 17.7 Å². The van der Waals surface area contributed by atoms with Crippen molar-refractivity contribution in [2.45, 2.75) is 19.4 Å². The highest BCUT2D eigenvalue weighted by Crippen LogP contribution is 2.20. The molecule has 0 aliphatic rings. The van der Waals surface area contributed by atoms with E-state index in [2.05, 4.69) is 11.9 Å². The lowest BCUT2D eigenvalue weighted by Gasteiger charge is -2.10. The number of thioether (sulfide) groups is 1. The van der Waals surface area contributed by atoms with Gasteiger partial charge in [-0.3, -0.25) is 4.98 Å². The van der Waals surface area contributed by atoms with Crippen molar-refractivity contribution in [1.29, 1.82) is 0 Å². The molecule has 1 unspecified atom stereocenters. The first-order valence-electron chi connectivity index (χ1n) is 5.02. The molecule has 0 aliphatic carbocycles. The Morgan fingerprint density at radius 1 is 1.53 bits per heavy atom. The first-order valence-corrected chi connectivity index (χ1v) is 6.42. The monoisotopic (exact) mass is 227 g/mol. The average molecular weight is 227 g/mol. The second kappa shape index (κ2) is 6.69. The normalized spacial score (nSPS) is 12.5. The van der Waals surface area contributed by atoms with Gasteiger partial charge >= 0.3 is 0 Å². The summed E-state index contributed by atoms with van der Waals surface area (Å²) in [6.07, 6.45) is 5.83. The Morgan fingerprint density at radius 2 is 2.33 bits per heavy atom. The lowest BCUT2D eigenvalue weighted by atomic mass is 10.2. The third kappa shape index (κ3) is 4.10. The minimum Gasteiger partial charge on any atom is -0.492 e. The van der Waals surface area contributed by atoms with E-state index < -0.39 is 6.10 Å². The molecule has 0 saturated carbocycles. The molecule has 1 N–H and O–H groups in total. The topological polar surface area (TPSA) is 42.4 Å². The minimum atomic E-state index is -0.460. The van der Waals surface area contributed by atoms with Crippen LogP contribution in [0, 0.1) is 0 Å². The van der Waals surface area contributed by atoms with Gasteiger partial charge < -0.3 is 9.84 Å². The summed E-state index contributed by atoms with van der Waals surface area (Å²) in [5.41, 5.74) is 0.818. The van der Waals surface area contributed by atoms with Crippen molar-refractivity contribution >= 4 is 11.8 Å². The van der Waals surface area contributed by atoms with Gasteiger partial charge in [-0.25, -0.2) is 0 Å². The quantitative estimate of drug-likeness (QED) is 0.809. The number of aliphatic hydroxyl groups is 1. The predicted octanol–water partition coefficient (Wildman–Crippen LogP) is 2.27. The summed E-state index contributed by atoms with van der Waals surface area (Å²) in [4.78, 5) is 4.05. The predicted molar refractivity (Wildman–Crippen MR) is 63.4 cm³/mol. The van der Waals surface area contributed by atoms with Gasteiger partial charge in [0, 0.05) is 17.5 Å². The van der Waals surface area contributed by atoms with Gasteiger partial charge in [-0.05, 0) is 18.7 Å². The molecule has 1 heterocycles. The van der Waals surface area contributed by atoms with E-state index in [4.69, 9.17) is 4.74 Å². The smallest absolute Gasteiger partial charge is 0.137 e. The molecule has 1 atom stereocenters. The van der Waals surface area contributed by atoms with E-state index in [-0.39, 0.29) is 0 Å². The average Bonchev–Trinajstić information content (AvgIpc) is 2.27. The van der Waals surface area contributed by atoms with Crippen molar-refractivity contribution in [2.24, 2.45) is 0 Å². The Labute approximate surface area is 94.9 Å². The van der Waals surface area contributed by atoms with Crippen molar-refractivity contribution in [3.63, 3.8) is 0 Å². The van der Waals surface area contributed by atoms with E-state index in [1.165, 1.54) is 0 Å². The standard InChI is InChI=1S/C11H17NO2S/c1-3-4-14-10-5-9(6-12-7-10)11(13)8-15-2/h5-7,11,13H,3-4,8H2,1-2H3. The molecule has 1 rings (SSSR count). The summed E-state index contributed by atoms with van der Waals surface area (Å²) in [7, 11) is 0. The molecule has 1 aromatic rings. The number of hydrogen-bond donors (Lipinski definition) is 1. The molecule has 3 nitrogen and oxygen atoms in total. The van der Waals surface area contributed by atoms with Crippen LogP contribution in [0.2, 0.25) is 0 Å². The molecule has 0 aromatic carbocycles. The van der Waals surface area contributed by atoms with E-state index in [9.17, 15) is 5.11 Å². The molecule has 0 fully saturated rings. The Balaban J connectivity index is 2.64. The molecule has 0 amide bonds. The van der Waals surface area contributed by atoms with Crippen LogP contribution in [0.5, 0.6) is 5.75 Å². The van der Waals surface area contributed by atoms with E-state index >= 15 is 0 Å². The third-order valence-corrected chi connectivity index (χ3v) is 2.57. The van der Waals surface area contributed by atoms with Crippen LogP contribution in [0.3, 0.4) is 0 Å². The van der Waals surface area contributed by atoms with Gasteiger partial charge in [0.2, 0.25) is 0 Å². The van der Waals surface area contributed by atoms with Gasteiger partial charge in [-0.1, -0.05) is 6.92 Å². The first-order chi connectivity index (χ1) is 7.27. The number of ether oxygens (including phenoxy) is 1. The highest BCUT2D eigenvalue weighted by atomic mass is 32.2. The van der Waals surface area contributed by atoms with Crippen LogP contribution in [0.1, 0.15) is 25.0 Å². The third-order valence-electron chi connectivity index (χ3n) is 1.92. The highest BCUT2D eigenvalue weighted by Gasteiger charge is 2.07. The Morgan fingerprint density at radius 3 is 3.00 bits per heavy atom. The van der Waals surface area contributed by atoms with Crippen molar-refractivity contribution in [2.75, 3.05) is 18.6 Å². The molecular formula is C11H17NO2S. The second-order valence-electron chi connectivity index (χ2n) is 3.27. The maximum Gasteiger partial charge on any atom is 0.137 e. The molecule has 1 aromatic heterocycles. The maximum atomic E-state index is 9.75. The van der Waals surface area contributed by atoms with Crippen molar-refractivity contribution in [1.82, 2.24) is 4.98 Å². The van der Waals surface area contributed by atoms with E-state index in [0.29, 0.717) is 12.4 Å². The van der Waals surface area contributed by atoms with Crippen LogP contribution < -0.4 is 4.74 Å². The van der Waals surface area contributed by atoms with Gasteiger partial charge in [0.1, 0.15) is 5.75 Å². The van der Waals surface area contributed by atoms with Gasteiger partial charge in [0.05, 0.1) is 18.9 Å². The van der Waals surface area contributed by atoms with Crippen LogP contribution in [0.25, 0.3) is 0 Å². The zero-order valence-electron chi connectivity index (χ0n) is 9.14. The molecule has 0 spiro atoms. The van der Waals surface area contributed by atoms with Crippen LogP contribution in [-0.4, -0.2) is 28.7 Å². The maximum absolute atomic E-state index is 9.75. The zero-order valence-corrected chi connectivity index (χ0v) is 9.96. The Hall–Kier alpha value is -0.740. The fraction of sp³-hybridized carbons (Fsp3) is 0.545. The lowest BCUT2D eigenvalue weighted by Crippen LogP contribution is -2.02. The molecule has 4 heteroatoms. The van der Waals surface area contributed by atoms with Crippen LogP contribution in [0.4, 0.5) is 0 Å². The molecule has 84 valence electrons. The number of hydrogen-bond acceptors (Lipinski definition) is 4. The summed E-state index contributed by atoms with van der Waals surface area (Å²) < 4.78 is 5.44. The number of aromatic nitrogens is 1. The second-order valence-corrected chi connectivity index (χ2v) is 4.18. The Bertz CT molecular complexity index is 294. The summed E-state index contributed by atoms with van der Waals surface area (Å²) >= 11 is 1.61. The summed E-state index contributed by atoms with van der Waals surface area (Å²) in [6, 6.07) is 1.85. The highest BCUT2D eigenvalue weighted by molar-refractivity contribution is 7.98. The van der Waals surface area contributed by atoms with Crippen molar-refractivity contribution in [3.05, 3.63) is 24.0 Å². The fourth-order valence-corrected chi connectivity index (χ4v) is 1.68. The number of pyridine rings is 1. The van der Waals surface area contributed by atoms with Crippen LogP contribution in [-0.2, 0) is 0 Å². The van der Waals surface area contributed by atoms with Crippen LogP contribution in [0.15, 0.2) is 18.5 Å². The summed E-state index contributed by atoms with van der Waals surface area (Å²) in [5.74, 6) is 1.41. The number of aliphatic hydroxyl groups excluding tert-OH is 1. The molecule has 0 aliphatic heterocycles. The summed E-state index contributed by atoms with van der Waals surface area (Å²) in [5, 5.41) is 9.75. The first kappa shape index (κ1) is 12.3. The molecular weight excluding hydrogens is 210 g/mol. The fourth-order valence-electron chi connectivity index (χ4n) is 1.17. The van der Waals surface area contributed by atoms with E-state index in [1.807, 2.05) is 12.3 Å². The van der Waals surface area contributed by atoms with Gasteiger partial charge in [0.25, 0.3) is 0 Å². The molecule has 0 radical (unpaired) electrons. The molecule has 15 heavy (non-hydrogen) atoms. The summed E-state index contributed by atoms with van der Waals surface area (Å²) in [6.45, 7) is 2.74. The van der Waals surface area contributed by atoms with Gasteiger partial charge in [0.15, 0.2) is 0 Å². The lowest BCUT2D eigenvalue weighted by molar-refractivity contribution is 0.203. The zero-order chi connectivity index (χ0) is 11.1. The number of nitrogens with zero attached hydrogens (tertiary/aromatic N) is 1. The van der Waals surface area contributed by atoms with E-state index in [1.54, 1.807) is 24.2 Å². The van der Waals surface area contributed by atoms with Crippen molar-refractivity contribution < 1.29 is 9.84 Å².